The number of Topliss-reactive ketones (excluding diaryl/α,β-unsaturated/α-hetero) is 1. The molecule has 0 aliphatic carbocycles. The first-order valence-corrected chi connectivity index (χ1v) is 9.97. The standard InChI is InChI=1S/C24H24N2O5/c1-3-14-31-24(29)18-10-12-19(13-11-18)25-22(26-23(28)20-5-4-15-30-20)21(27)17-8-6-16(2)7-9-17/h4-13,15,22,25H,3,14H2,1-2H3,(H,26,28). The van der Waals surface area contributed by atoms with Crippen LogP contribution in [0, 0.1) is 6.92 Å². The molecule has 160 valence electrons. The third-order valence-corrected chi connectivity index (χ3v) is 4.49. The molecule has 7 nitrogen and oxygen atoms in total. The van der Waals surface area contributed by atoms with Crippen molar-refractivity contribution in [2.75, 3.05) is 11.9 Å². The number of nitrogens with one attached hydrogen (secondary N) is 2. The highest BCUT2D eigenvalue weighted by Gasteiger charge is 2.24. The molecule has 0 aliphatic rings. The van der Waals surface area contributed by atoms with Gasteiger partial charge in [-0.25, -0.2) is 4.79 Å². The summed E-state index contributed by atoms with van der Waals surface area (Å²) in [5, 5.41) is 5.68. The number of rotatable bonds is 9. The Hall–Kier alpha value is -3.87. The highest BCUT2D eigenvalue weighted by molar-refractivity contribution is 6.04. The van der Waals surface area contributed by atoms with Crippen molar-refractivity contribution in [1.82, 2.24) is 5.32 Å². The highest BCUT2D eigenvalue weighted by Crippen LogP contribution is 2.14. The van der Waals surface area contributed by atoms with Gasteiger partial charge in [0.05, 0.1) is 18.4 Å². The minimum Gasteiger partial charge on any atom is -0.462 e. The minimum absolute atomic E-state index is 0.0949. The van der Waals surface area contributed by atoms with E-state index in [4.69, 9.17) is 9.15 Å². The van der Waals surface area contributed by atoms with Gasteiger partial charge in [0.1, 0.15) is 0 Å². The van der Waals surface area contributed by atoms with Crippen LogP contribution in [0.3, 0.4) is 0 Å². The summed E-state index contributed by atoms with van der Waals surface area (Å²) < 4.78 is 10.2. The zero-order valence-corrected chi connectivity index (χ0v) is 17.4. The Balaban J connectivity index is 1.78. The molecular weight excluding hydrogens is 396 g/mol. The smallest absolute Gasteiger partial charge is 0.338 e. The van der Waals surface area contributed by atoms with E-state index in [1.165, 1.54) is 12.3 Å². The second-order valence-corrected chi connectivity index (χ2v) is 6.97. The Labute approximate surface area is 180 Å². The van der Waals surface area contributed by atoms with Crippen LogP contribution in [0.4, 0.5) is 5.69 Å². The molecule has 0 saturated carbocycles. The number of benzene rings is 2. The first-order valence-electron chi connectivity index (χ1n) is 9.97. The molecule has 3 aromatic rings. The number of anilines is 1. The molecule has 0 fully saturated rings. The van der Waals surface area contributed by atoms with Gasteiger partial charge in [0.2, 0.25) is 5.78 Å². The van der Waals surface area contributed by atoms with Crippen LogP contribution in [0.25, 0.3) is 0 Å². The van der Waals surface area contributed by atoms with Crippen molar-refractivity contribution in [3.05, 3.63) is 89.4 Å². The summed E-state index contributed by atoms with van der Waals surface area (Å²) >= 11 is 0. The Morgan fingerprint density at radius 1 is 0.968 bits per heavy atom. The molecule has 31 heavy (non-hydrogen) atoms. The second-order valence-electron chi connectivity index (χ2n) is 6.97. The summed E-state index contributed by atoms with van der Waals surface area (Å²) in [5.41, 5.74) is 2.42. The Morgan fingerprint density at radius 3 is 2.26 bits per heavy atom. The number of aryl methyl sites for hydroxylation is 1. The quantitative estimate of drug-likeness (QED) is 0.306. The summed E-state index contributed by atoms with van der Waals surface area (Å²) in [4.78, 5) is 37.5. The van der Waals surface area contributed by atoms with E-state index in [0.29, 0.717) is 23.4 Å². The van der Waals surface area contributed by atoms with Crippen molar-refractivity contribution in [2.45, 2.75) is 26.4 Å². The third kappa shape index (κ3) is 5.82. The van der Waals surface area contributed by atoms with Gasteiger partial charge >= 0.3 is 5.97 Å². The number of furan rings is 1. The average molecular weight is 420 g/mol. The van der Waals surface area contributed by atoms with E-state index in [2.05, 4.69) is 10.6 Å². The average Bonchev–Trinajstić information content (AvgIpc) is 3.33. The zero-order valence-electron chi connectivity index (χ0n) is 17.4. The molecule has 1 amide bonds. The zero-order chi connectivity index (χ0) is 22.2. The molecule has 3 rings (SSSR count). The number of amides is 1. The SMILES string of the molecule is CCCOC(=O)c1ccc(NC(NC(=O)c2ccco2)C(=O)c2ccc(C)cc2)cc1. The summed E-state index contributed by atoms with van der Waals surface area (Å²) in [6, 6.07) is 16.7. The number of carbonyl (C=O) groups is 3. The number of esters is 1. The van der Waals surface area contributed by atoms with Crippen LogP contribution in [0.15, 0.2) is 71.3 Å². The summed E-state index contributed by atoms with van der Waals surface area (Å²) in [6.07, 6.45) is 1.08. The van der Waals surface area contributed by atoms with Gasteiger partial charge in [-0.2, -0.15) is 0 Å². The van der Waals surface area contributed by atoms with Gasteiger partial charge in [-0.15, -0.1) is 0 Å². The van der Waals surface area contributed by atoms with Crippen molar-refractivity contribution in [3.63, 3.8) is 0 Å². The van der Waals surface area contributed by atoms with Crippen molar-refractivity contribution in [3.8, 4) is 0 Å². The Morgan fingerprint density at radius 2 is 1.65 bits per heavy atom. The maximum absolute atomic E-state index is 13.1. The van der Waals surface area contributed by atoms with Gasteiger partial charge in [0.25, 0.3) is 5.91 Å². The van der Waals surface area contributed by atoms with Gasteiger partial charge in [-0.3, -0.25) is 9.59 Å². The van der Waals surface area contributed by atoms with Gasteiger partial charge in [0, 0.05) is 11.3 Å². The van der Waals surface area contributed by atoms with Crippen LogP contribution in [-0.2, 0) is 4.74 Å². The molecule has 1 aromatic heterocycles. The molecular formula is C24H24N2O5. The largest absolute Gasteiger partial charge is 0.462 e. The predicted molar refractivity (Wildman–Crippen MR) is 116 cm³/mol. The summed E-state index contributed by atoms with van der Waals surface area (Å²) in [7, 11) is 0. The number of ketones is 1. The first-order chi connectivity index (χ1) is 15.0. The molecule has 0 bridgehead atoms. The molecule has 0 saturated heterocycles. The maximum Gasteiger partial charge on any atom is 0.338 e. The molecule has 1 unspecified atom stereocenters. The lowest BCUT2D eigenvalue weighted by Crippen LogP contribution is -2.46. The highest BCUT2D eigenvalue weighted by atomic mass is 16.5. The van der Waals surface area contributed by atoms with E-state index in [9.17, 15) is 14.4 Å². The van der Waals surface area contributed by atoms with Crippen molar-refractivity contribution >= 4 is 23.3 Å². The predicted octanol–water partition coefficient (Wildman–Crippen LogP) is 4.21. The lowest BCUT2D eigenvalue weighted by molar-refractivity contribution is 0.0505. The Bertz CT molecular complexity index is 1020. The van der Waals surface area contributed by atoms with Crippen molar-refractivity contribution < 1.29 is 23.5 Å². The van der Waals surface area contributed by atoms with Crippen molar-refractivity contribution in [2.24, 2.45) is 0 Å². The topological polar surface area (TPSA) is 97.6 Å². The molecule has 0 radical (unpaired) electrons. The van der Waals surface area contributed by atoms with Crippen LogP contribution in [-0.4, -0.2) is 30.4 Å². The molecule has 0 aliphatic heterocycles. The fourth-order valence-corrected chi connectivity index (χ4v) is 2.81. The fourth-order valence-electron chi connectivity index (χ4n) is 2.81. The van der Waals surface area contributed by atoms with E-state index in [-0.39, 0.29) is 11.5 Å². The molecule has 0 spiro atoms. The molecule has 2 aromatic carbocycles. The first kappa shape index (κ1) is 21.8. The van der Waals surface area contributed by atoms with Crippen LogP contribution in [0.2, 0.25) is 0 Å². The minimum atomic E-state index is -1.04. The van der Waals surface area contributed by atoms with Crippen LogP contribution in [0.1, 0.15) is 50.2 Å². The normalized spacial score (nSPS) is 11.4. The second kappa shape index (κ2) is 10.2. The maximum atomic E-state index is 13.1. The van der Waals surface area contributed by atoms with E-state index in [0.717, 1.165) is 12.0 Å². The van der Waals surface area contributed by atoms with Crippen molar-refractivity contribution in [1.29, 1.82) is 0 Å². The molecule has 1 atom stereocenters. The number of carbonyl (C=O) groups excluding carboxylic acids is 3. The Kier molecular flexibility index (Phi) is 7.22. The van der Waals surface area contributed by atoms with E-state index >= 15 is 0 Å². The van der Waals surface area contributed by atoms with E-state index < -0.39 is 18.0 Å². The van der Waals surface area contributed by atoms with E-state index in [1.54, 1.807) is 42.5 Å². The molecule has 1 heterocycles. The van der Waals surface area contributed by atoms with Crippen LogP contribution < -0.4 is 10.6 Å². The number of ether oxygens (including phenoxy) is 1. The summed E-state index contributed by atoms with van der Waals surface area (Å²) in [5.74, 6) is -1.15. The monoisotopic (exact) mass is 420 g/mol. The van der Waals surface area contributed by atoms with Gasteiger partial charge in [-0.05, 0) is 49.7 Å². The lowest BCUT2D eigenvalue weighted by atomic mass is 10.1. The molecule has 7 heteroatoms. The number of hydrogen-bond donors (Lipinski definition) is 2. The number of hydrogen-bond acceptors (Lipinski definition) is 6. The summed E-state index contributed by atoms with van der Waals surface area (Å²) in [6.45, 7) is 4.20. The third-order valence-electron chi connectivity index (χ3n) is 4.49. The van der Waals surface area contributed by atoms with Crippen LogP contribution in [0.5, 0.6) is 0 Å². The van der Waals surface area contributed by atoms with E-state index in [1.807, 2.05) is 26.0 Å². The lowest BCUT2D eigenvalue weighted by Gasteiger charge is -2.20. The fraction of sp³-hybridized carbons (Fsp3) is 0.208. The van der Waals surface area contributed by atoms with Crippen LogP contribution >= 0.6 is 0 Å². The van der Waals surface area contributed by atoms with Gasteiger partial charge in [-0.1, -0.05) is 36.8 Å². The van der Waals surface area contributed by atoms with Gasteiger partial charge < -0.3 is 19.8 Å². The van der Waals surface area contributed by atoms with Gasteiger partial charge in [0.15, 0.2) is 11.9 Å². The molecule has 2 N–H and O–H groups in total.